The molecule has 0 spiro atoms. The Morgan fingerprint density at radius 2 is 2.13 bits per heavy atom. The lowest BCUT2D eigenvalue weighted by atomic mass is 10.1. The first-order valence-corrected chi connectivity index (χ1v) is 5.58. The highest BCUT2D eigenvalue weighted by molar-refractivity contribution is 9.10. The van der Waals surface area contributed by atoms with Crippen LogP contribution in [0.4, 0.5) is 5.69 Å². The smallest absolute Gasteiger partial charge is 0.142 e. The molecule has 0 aliphatic rings. The van der Waals surface area contributed by atoms with Gasteiger partial charge in [0.15, 0.2) is 0 Å². The fourth-order valence-electron chi connectivity index (χ4n) is 1.06. The van der Waals surface area contributed by atoms with E-state index >= 15 is 0 Å². The van der Waals surface area contributed by atoms with Gasteiger partial charge in [-0.25, -0.2) is 0 Å². The molecular formula is C11H16BrNO2. The molecule has 3 nitrogen and oxygen atoms in total. The van der Waals surface area contributed by atoms with Gasteiger partial charge in [0, 0.05) is 10.9 Å². The van der Waals surface area contributed by atoms with E-state index in [1.165, 1.54) is 0 Å². The van der Waals surface area contributed by atoms with Crippen LogP contribution in [0.3, 0.4) is 0 Å². The molecule has 1 aromatic rings. The van der Waals surface area contributed by atoms with Crippen molar-refractivity contribution in [3.05, 3.63) is 22.7 Å². The molecule has 4 heteroatoms. The number of benzene rings is 1. The molecular weight excluding hydrogens is 258 g/mol. The fourth-order valence-corrected chi connectivity index (χ4v) is 1.44. The van der Waals surface area contributed by atoms with E-state index in [4.69, 9.17) is 10.5 Å². The first kappa shape index (κ1) is 12.3. The average Bonchev–Trinajstić information content (AvgIpc) is 2.07. The maximum Gasteiger partial charge on any atom is 0.142 e. The summed E-state index contributed by atoms with van der Waals surface area (Å²) >= 11 is 3.32. The van der Waals surface area contributed by atoms with Gasteiger partial charge >= 0.3 is 0 Å². The zero-order valence-electron chi connectivity index (χ0n) is 8.96. The molecule has 0 radical (unpaired) electrons. The minimum Gasteiger partial charge on any atom is -0.491 e. The molecule has 84 valence electrons. The molecule has 0 unspecified atom stereocenters. The van der Waals surface area contributed by atoms with Crippen molar-refractivity contribution in [2.24, 2.45) is 0 Å². The van der Waals surface area contributed by atoms with Gasteiger partial charge in [-0.15, -0.1) is 0 Å². The van der Waals surface area contributed by atoms with Crippen LogP contribution in [0, 0.1) is 0 Å². The summed E-state index contributed by atoms with van der Waals surface area (Å²) in [6.07, 6.45) is 0.572. The third kappa shape index (κ3) is 4.53. The van der Waals surface area contributed by atoms with E-state index in [0.29, 0.717) is 24.5 Å². The Balaban J connectivity index is 2.51. The Morgan fingerprint density at radius 1 is 1.47 bits per heavy atom. The molecule has 3 N–H and O–H groups in total. The van der Waals surface area contributed by atoms with Crippen molar-refractivity contribution >= 4 is 21.6 Å². The third-order valence-electron chi connectivity index (χ3n) is 1.94. The molecule has 15 heavy (non-hydrogen) atoms. The highest BCUT2D eigenvalue weighted by Gasteiger charge is 2.12. The van der Waals surface area contributed by atoms with Crippen LogP contribution in [-0.2, 0) is 0 Å². The Labute approximate surface area is 98.4 Å². The highest BCUT2D eigenvalue weighted by atomic mass is 79.9. The standard InChI is InChI=1S/C11H16BrNO2/c1-11(2,14)5-6-15-10-4-3-8(12)7-9(10)13/h3-4,7,14H,5-6,13H2,1-2H3. The van der Waals surface area contributed by atoms with E-state index < -0.39 is 5.60 Å². The second-order valence-electron chi connectivity index (χ2n) is 4.09. The number of hydrogen-bond acceptors (Lipinski definition) is 3. The largest absolute Gasteiger partial charge is 0.491 e. The molecule has 0 bridgehead atoms. The zero-order chi connectivity index (χ0) is 11.5. The Bertz CT molecular complexity index is 334. The first-order chi connectivity index (χ1) is 6.88. The Kier molecular flexibility index (Phi) is 3.99. The van der Waals surface area contributed by atoms with E-state index in [0.717, 1.165) is 4.47 Å². The van der Waals surface area contributed by atoms with Crippen molar-refractivity contribution in [3.8, 4) is 5.75 Å². The molecule has 0 aliphatic heterocycles. The Morgan fingerprint density at radius 3 is 2.67 bits per heavy atom. The van der Waals surface area contributed by atoms with Gasteiger partial charge in [0.05, 0.1) is 17.9 Å². The van der Waals surface area contributed by atoms with E-state index in [-0.39, 0.29) is 0 Å². The fraction of sp³-hybridized carbons (Fsp3) is 0.455. The van der Waals surface area contributed by atoms with Crippen molar-refractivity contribution in [2.45, 2.75) is 25.9 Å². The van der Waals surface area contributed by atoms with Crippen LogP contribution in [0.5, 0.6) is 5.75 Å². The number of rotatable bonds is 4. The molecule has 0 amide bonds. The number of halogens is 1. The van der Waals surface area contributed by atoms with Crippen LogP contribution in [0.2, 0.25) is 0 Å². The van der Waals surface area contributed by atoms with Crippen molar-refractivity contribution in [3.63, 3.8) is 0 Å². The summed E-state index contributed by atoms with van der Waals surface area (Å²) in [5.74, 6) is 0.655. The number of nitrogen functional groups attached to an aromatic ring is 1. The Hall–Kier alpha value is -0.740. The average molecular weight is 274 g/mol. The molecule has 0 saturated heterocycles. The summed E-state index contributed by atoms with van der Waals surface area (Å²) < 4.78 is 6.39. The maximum absolute atomic E-state index is 9.49. The quantitative estimate of drug-likeness (QED) is 0.830. The van der Waals surface area contributed by atoms with Gasteiger partial charge in [-0.05, 0) is 32.0 Å². The molecule has 0 heterocycles. The van der Waals surface area contributed by atoms with Crippen LogP contribution in [0.25, 0.3) is 0 Å². The second-order valence-corrected chi connectivity index (χ2v) is 5.01. The molecule has 0 saturated carbocycles. The number of ether oxygens (including phenoxy) is 1. The van der Waals surface area contributed by atoms with Gasteiger partial charge in [-0.2, -0.15) is 0 Å². The molecule has 0 aromatic heterocycles. The van der Waals surface area contributed by atoms with Crippen LogP contribution >= 0.6 is 15.9 Å². The number of nitrogens with two attached hydrogens (primary N) is 1. The van der Waals surface area contributed by atoms with Gasteiger partial charge in [0.1, 0.15) is 5.75 Å². The van der Waals surface area contributed by atoms with E-state index in [2.05, 4.69) is 15.9 Å². The summed E-state index contributed by atoms with van der Waals surface area (Å²) in [5, 5.41) is 9.49. The topological polar surface area (TPSA) is 55.5 Å². The van der Waals surface area contributed by atoms with E-state index in [9.17, 15) is 5.11 Å². The van der Waals surface area contributed by atoms with Crippen LogP contribution < -0.4 is 10.5 Å². The minimum absolute atomic E-state index is 0.454. The van der Waals surface area contributed by atoms with Gasteiger partial charge in [-0.1, -0.05) is 15.9 Å². The van der Waals surface area contributed by atoms with Crippen LogP contribution in [0.15, 0.2) is 22.7 Å². The van der Waals surface area contributed by atoms with Crippen molar-refractivity contribution in [1.82, 2.24) is 0 Å². The van der Waals surface area contributed by atoms with Crippen molar-refractivity contribution in [2.75, 3.05) is 12.3 Å². The summed E-state index contributed by atoms with van der Waals surface area (Å²) in [6.45, 7) is 3.96. The molecule has 0 atom stereocenters. The lowest BCUT2D eigenvalue weighted by Gasteiger charge is -2.17. The normalized spacial score (nSPS) is 11.5. The van der Waals surface area contributed by atoms with Crippen molar-refractivity contribution < 1.29 is 9.84 Å². The SMILES string of the molecule is CC(C)(O)CCOc1ccc(Br)cc1N. The van der Waals surface area contributed by atoms with E-state index in [1.54, 1.807) is 19.9 Å². The number of aliphatic hydroxyl groups is 1. The summed E-state index contributed by atoms with van der Waals surface area (Å²) in [7, 11) is 0. The van der Waals surface area contributed by atoms with Gasteiger partial charge < -0.3 is 15.6 Å². The van der Waals surface area contributed by atoms with Gasteiger partial charge in [-0.3, -0.25) is 0 Å². The predicted octanol–water partition coefficient (Wildman–Crippen LogP) is 2.57. The molecule has 1 aromatic carbocycles. The predicted molar refractivity (Wildman–Crippen MR) is 65.0 cm³/mol. The summed E-state index contributed by atoms with van der Waals surface area (Å²) in [5.41, 5.74) is 5.65. The minimum atomic E-state index is -0.704. The lowest BCUT2D eigenvalue weighted by molar-refractivity contribution is 0.0554. The van der Waals surface area contributed by atoms with Gasteiger partial charge in [0.2, 0.25) is 0 Å². The second kappa shape index (κ2) is 4.86. The highest BCUT2D eigenvalue weighted by Crippen LogP contribution is 2.25. The summed E-state index contributed by atoms with van der Waals surface area (Å²) in [4.78, 5) is 0. The first-order valence-electron chi connectivity index (χ1n) is 4.79. The third-order valence-corrected chi connectivity index (χ3v) is 2.44. The van der Waals surface area contributed by atoms with Crippen molar-refractivity contribution in [1.29, 1.82) is 0 Å². The van der Waals surface area contributed by atoms with Gasteiger partial charge in [0.25, 0.3) is 0 Å². The number of anilines is 1. The summed E-state index contributed by atoms with van der Waals surface area (Å²) in [6, 6.07) is 5.47. The van der Waals surface area contributed by atoms with Crippen LogP contribution in [0.1, 0.15) is 20.3 Å². The van der Waals surface area contributed by atoms with E-state index in [1.807, 2.05) is 12.1 Å². The molecule has 1 rings (SSSR count). The molecule has 0 fully saturated rings. The molecule has 0 aliphatic carbocycles. The monoisotopic (exact) mass is 273 g/mol. The number of hydrogen-bond donors (Lipinski definition) is 2. The van der Waals surface area contributed by atoms with Crippen LogP contribution in [-0.4, -0.2) is 17.3 Å². The zero-order valence-corrected chi connectivity index (χ0v) is 10.5. The maximum atomic E-state index is 9.49. The lowest BCUT2D eigenvalue weighted by Crippen LogP contribution is -2.21.